The first-order chi connectivity index (χ1) is 10.8. The van der Waals surface area contributed by atoms with Crippen LogP contribution in [0.5, 0.6) is 0 Å². The molecule has 23 heavy (non-hydrogen) atoms. The van der Waals surface area contributed by atoms with Gasteiger partial charge in [-0.1, -0.05) is 25.1 Å². The number of sulfonamides is 1. The highest BCUT2D eigenvalue weighted by molar-refractivity contribution is 7.92. The van der Waals surface area contributed by atoms with Gasteiger partial charge in [0.25, 0.3) is 0 Å². The van der Waals surface area contributed by atoms with Gasteiger partial charge in [0.15, 0.2) is 0 Å². The van der Waals surface area contributed by atoms with Crippen LogP contribution in [0.4, 0.5) is 5.69 Å². The van der Waals surface area contributed by atoms with E-state index >= 15 is 0 Å². The van der Waals surface area contributed by atoms with Crippen LogP contribution in [0.15, 0.2) is 24.3 Å². The molecule has 0 saturated carbocycles. The van der Waals surface area contributed by atoms with E-state index < -0.39 is 10.0 Å². The third kappa shape index (κ3) is 6.58. The predicted molar refractivity (Wildman–Crippen MR) is 94.2 cm³/mol. The van der Waals surface area contributed by atoms with Gasteiger partial charge in [0.1, 0.15) is 6.54 Å². The SMILES string of the molecule is CCc1ccccc1N(CC(=O)NCCCN(C)C)S(C)(=O)=O. The number of amides is 1. The monoisotopic (exact) mass is 341 g/mol. The van der Waals surface area contributed by atoms with Gasteiger partial charge in [-0.05, 0) is 45.1 Å². The summed E-state index contributed by atoms with van der Waals surface area (Å²) in [5, 5.41) is 2.78. The van der Waals surface area contributed by atoms with E-state index in [-0.39, 0.29) is 12.5 Å². The summed E-state index contributed by atoms with van der Waals surface area (Å²) in [7, 11) is 0.409. The van der Waals surface area contributed by atoms with Crippen LogP contribution in [-0.4, -0.2) is 59.2 Å². The zero-order valence-corrected chi connectivity index (χ0v) is 15.2. The number of carbonyl (C=O) groups is 1. The molecule has 0 bridgehead atoms. The van der Waals surface area contributed by atoms with E-state index in [1.54, 1.807) is 12.1 Å². The Bertz CT molecular complexity index is 615. The quantitative estimate of drug-likeness (QED) is 0.683. The Hall–Kier alpha value is -1.60. The van der Waals surface area contributed by atoms with E-state index in [2.05, 4.69) is 5.32 Å². The van der Waals surface area contributed by atoms with Gasteiger partial charge >= 0.3 is 0 Å². The number of para-hydroxylation sites is 1. The Balaban J connectivity index is 2.79. The lowest BCUT2D eigenvalue weighted by Crippen LogP contribution is -2.41. The van der Waals surface area contributed by atoms with Crippen molar-refractivity contribution in [2.45, 2.75) is 19.8 Å². The highest BCUT2D eigenvalue weighted by Gasteiger charge is 2.22. The molecule has 0 atom stereocenters. The van der Waals surface area contributed by atoms with Crippen LogP contribution in [0.25, 0.3) is 0 Å². The van der Waals surface area contributed by atoms with Crippen molar-refractivity contribution in [2.75, 3.05) is 44.3 Å². The van der Waals surface area contributed by atoms with Gasteiger partial charge < -0.3 is 10.2 Å². The van der Waals surface area contributed by atoms with Gasteiger partial charge in [-0.15, -0.1) is 0 Å². The fraction of sp³-hybridized carbons (Fsp3) is 0.562. The fourth-order valence-electron chi connectivity index (χ4n) is 2.24. The molecule has 0 aliphatic heterocycles. The highest BCUT2D eigenvalue weighted by atomic mass is 32.2. The van der Waals surface area contributed by atoms with Crippen LogP contribution in [0.3, 0.4) is 0 Å². The molecular weight excluding hydrogens is 314 g/mol. The number of rotatable bonds is 9. The summed E-state index contributed by atoms with van der Waals surface area (Å²) in [6, 6.07) is 7.26. The first-order valence-corrected chi connectivity index (χ1v) is 9.57. The Kier molecular flexibility index (Phi) is 7.51. The van der Waals surface area contributed by atoms with Crippen molar-refractivity contribution in [2.24, 2.45) is 0 Å². The lowest BCUT2D eigenvalue weighted by atomic mass is 10.1. The second-order valence-electron chi connectivity index (χ2n) is 5.76. The molecule has 0 aliphatic carbocycles. The van der Waals surface area contributed by atoms with Crippen molar-refractivity contribution in [1.82, 2.24) is 10.2 Å². The van der Waals surface area contributed by atoms with Crippen molar-refractivity contribution >= 4 is 21.6 Å². The molecule has 0 spiro atoms. The normalized spacial score (nSPS) is 11.5. The van der Waals surface area contributed by atoms with Crippen molar-refractivity contribution in [3.63, 3.8) is 0 Å². The number of aryl methyl sites for hydroxylation is 1. The van der Waals surface area contributed by atoms with E-state index in [4.69, 9.17) is 0 Å². The minimum absolute atomic E-state index is 0.197. The number of carbonyl (C=O) groups excluding carboxylic acids is 1. The van der Waals surface area contributed by atoms with E-state index in [1.165, 1.54) is 4.31 Å². The number of nitrogens with zero attached hydrogens (tertiary/aromatic N) is 2. The molecule has 0 saturated heterocycles. The van der Waals surface area contributed by atoms with Crippen molar-refractivity contribution < 1.29 is 13.2 Å². The van der Waals surface area contributed by atoms with Crippen LogP contribution in [-0.2, 0) is 21.2 Å². The second-order valence-corrected chi connectivity index (χ2v) is 7.67. The van der Waals surface area contributed by atoms with E-state index in [0.29, 0.717) is 18.7 Å². The number of benzene rings is 1. The van der Waals surface area contributed by atoms with Crippen LogP contribution in [0.1, 0.15) is 18.9 Å². The Labute approximate surface area is 139 Å². The van der Waals surface area contributed by atoms with Crippen LogP contribution in [0, 0.1) is 0 Å². The average Bonchev–Trinajstić information content (AvgIpc) is 2.48. The molecule has 0 aliphatic rings. The van der Waals surface area contributed by atoms with Gasteiger partial charge in [-0.3, -0.25) is 9.10 Å². The summed E-state index contributed by atoms with van der Waals surface area (Å²) < 4.78 is 25.4. The molecular formula is C16H27N3O3S. The summed E-state index contributed by atoms with van der Waals surface area (Å²) in [4.78, 5) is 14.1. The zero-order chi connectivity index (χ0) is 17.5. The van der Waals surface area contributed by atoms with Crippen LogP contribution < -0.4 is 9.62 Å². The zero-order valence-electron chi connectivity index (χ0n) is 14.4. The standard InChI is InChI=1S/C16H27N3O3S/c1-5-14-9-6-7-10-15(14)19(23(4,21)22)13-16(20)17-11-8-12-18(2)3/h6-7,9-10H,5,8,11-13H2,1-4H3,(H,17,20). The summed E-state index contributed by atoms with van der Waals surface area (Å²) in [5.74, 6) is -0.292. The third-order valence-corrected chi connectivity index (χ3v) is 4.56. The maximum absolute atomic E-state index is 12.1. The first kappa shape index (κ1) is 19.4. The maximum atomic E-state index is 12.1. The average molecular weight is 341 g/mol. The number of hydrogen-bond donors (Lipinski definition) is 1. The smallest absolute Gasteiger partial charge is 0.240 e. The molecule has 0 aromatic heterocycles. The number of nitrogens with one attached hydrogen (secondary N) is 1. The molecule has 7 heteroatoms. The minimum atomic E-state index is -3.53. The van der Waals surface area contributed by atoms with Gasteiger partial charge in [0.2, 0.25) is 15.9 Å². The van der Waals surface area contributed by atoms with E-state index in [1.807, 2.05) is 38.1 Å². The third-order valence-electron chi connectivity index (χ3n) is 3.43. The molecule has 130 valence electrons. The van der Waals surface area contributed by atoms with Crippen molar-refractivity contribution in [1.29, 1.82) is 0 Å². The number of anilines is 1. The highest BCUT2D eigenvalue weighted by Crippen LogP contribution is 2.23. The maximum Gasteiger partial charge on any atom is 0.240 e. The number of hydrogen-bond acceptors (Lipinski definition) is 4. The van der Waals surface area contributed by atoms with Gasteiger partial charge in [-0.2, -0.15) is 0 Å². The van der Waals surface area contributed by atoms with Gasteiger partial charge in [-0.25, -0.2) is 8.42 Å². The molecule has 1 rings (SSSR count). The molecule has 1 aromatic carbocycles. The summed E-state index contributed by atoms with van der Waals surface area (Å²) in [6.07, 6.45) is 2.65. The van der Waals surface area contributed by atoms with Gasteiger partial charge in [0, 0.05) is 6.54 Å². The molecule has 0 unspecified atom stereocenters. The first-order valence-electron chi connectivity index (χ1n) is 7.72. The van der Waals surface area contributed by atoms with Crippen molar-refractivity contribution in [3.8, 4) is 0 Å². The van der Waals surface area contributed by atoms with Crippen LogP contribution in [0.2, 0.25) is 0 Å². The van der Waals surface area contributed by atoms with E-state index in [0.717, 1.165) is 24.8 Å². The topological polar surface area (TPSA) is 69.7 Å². The largest absolute Gasteiger partial charge is 0.354 e. The lowest BCUT2D eigenvalue weighted by Gasteiger charge is -2.24. The summed E-state index contributed by atoms with van der Waals surface area (Å²) >= 11 is 0. The predicted octanol–water partition coefficient (Wildman–Crippen LogP) is 1.08. The second kappa shape index (κ2) is 8.88. The lowest BCUT2D eigenvalue weighted by molar-refractivity contribution is -0.119. The van der Waals surface area contributed by atoms with E-state index in [9.17, 15) is 13.2 Å². The molecule has 1 amide bonds. The van der Waals surface area contributed by atoms with Gasteiger partial charge in [0.05, 0.1) is 11.9 Å². The Morgan fingerprint density at radius 2 is 1.87 bits per heavy atom. The summed E-state index contributed by atoms with van der Waals surface area (Å²) in [5.41, 5.74) is 1.47. The molecule has 1 aromatic rings. The molecule has 1 N–H and O–H groups in total. The summed E-state index contributed by atoms with van der Waals surface area (Å²) in [6.45, 7) is 3.16. The minimum Gasteiger partial charge on any atom is -0.354 e. The molecule has 0 heterocycles. The fourth-order valence-corrected chi connectivity index (χ4v) is 3.13. The Morgan fingerprint density at radius 3 is 2.43 bits per heavy atom. The van der Waals surface area contributed by atoms with Crippen molar-refractivity contribution in [3.05, 3.63) is 29.8 Å². The molecule has 0 fully saturated rings. The molecule has 6 nitrogen and oxygen atoms in total. The molecule has 0 radical (unpaired) electrons. The van der Waals surface area contributed by atoms with Crippen LogP contribution >= 0.6 is 0 Å². The Morgan fingerprint density at radius 1 is 1.22 bits per heavy atom.